The molecule has 0 saturated carbocycles. The van der Waals surface area contributed by atoms with E-state index in [1.807, 2.05) is 6.92 Å². The summed E-state index contributed by atoms with van der Waals surface area (Å²) in [6.45, 7) is 4.00. The fourth-order valence-electron chi connectivity index (χ4n) is 1.67. The van der Waals surface area contributed by atoms with E-state index in [1.54, 1.807) is 25.1 Å². The fraction of sp³-hybridized carbons (Fsp3) is 0.538. The van der Waals surface area contributed by atoms with Gasteiger partial charge < -0.3 is 9.84 Å². The molecule has 0 saturated heterocycles. The minimum atomic E-state index is -4.25. The molecule has 0 aliphatic rings. The Morgan fingerprint density at radius 1 is 1.33 bits per heavy atom. The zero-order chi connectivity index (χ0) is 13.8. The average molecular weight is 262 g/mol. The lowest BCUT2D eigenvalue weighted by atomic mass is 10.0. The summed E-state index contributed by atoms with van der Waals surface area (Å²) >= 11 is 0. The van der Waals surface area contributed by atoms with Crippen LogP contribution in [-0.2, 0) is 0 Å². The number of halogens is 3. The molecule has 5 heteroatoms. The molecule has 102 valence electrons. The van der Waals surface area contributed by atoms with Crippen LogP contribution in [0.5, 0.6) is 5.75 Å². The van der Waals surface area contributed by atoms with Crippen molar-refractivity contribution in [2.24, 2.45) is 0 Å². The monoisotopic (exact) mass is 262 g/mol. The van der Waals surface area contributed by atoms with E-state index in [0.717, 1.165) is 5.56 Å². The lowest BCUT2D eigenvalue weighted by Gasteiger charge is -2.17. The van der Waals surface area contributed by atoms with E-state index in [0.29, 0.717) is 17.9 Å². The molecule has 0 amide bonds. The van der Waals surface area contributed by atoms with Crippen molar-refractivity contribution in [3.8, 4) is 5.75 Å². The van der Waals surface area contributed by atoms with Crippen LogP contribution < -0.4 is 4.74 Å². The minimum absolute atomic E-state index is 0.354. The number of benzene rings is 1. The van der Waals surface area contributed by atoms with Crippen LogP contribution in [-0.4, -0.2) is 17.9 Å². The van der Waals surface area contributed by atoms with Crippen molar-refractivity contribution in [1.29, 1.82) is 0 Å². The Labute approximate surface area is 104 Å². The van der Waals surface area contributed by atoms with Crippen molar-refractivity contribution in [2.45, 2.75) is 39.0 Å². The summed E-state index contributed by atoms with van der Waals surface area (Å²) < 4.78 is 41.7. The summed E-state index contributed by atoms with van der Waals surface area (Å²) in [6.07, 6.45) is -6.77. The van der Waals surface area contributed by atoms with Gasteiger partial charge in [0.25, 0.3) is 0 Å². The number of hydrogen-bond donors (Lipinski definition) is 1. The van der Waals surface area contributed by atoms with E-state index >= 15 is 0 Å². The standard InChI is InChI=1S/C13H17F3O2/c1-3-18-12-5-4-9(2)8-10(12)11(17)6-7-13(14,15)16/h4-5,8,11,17H,3,6-7H2,1-2H3. The van der Waals surface area contributed by atoms with Crippen molar-refractivity contribution in [3.05, 3.63) is 29.3 Å². The van der Waals surface area contributed by atoms with E-state index in [2.05, 4.69) is 0 Å². The van der Waals surface area contributed by atoms with E-state index < -0.39 is 18.7 Å². The Morgan fingerprint density at radius 2 is 2.00 bits per heavy atom. The predicted octanol–water partition coefficient (Wildman–Crippen LogP) is 3.77. The van der Waals surface area contributed by atoms with Crippen molar-refractivity contribution < 1.29 is 23.0 Å². The largest absolute Gasteiger partial charge is 0.493 e. The van der Waals surface area contributed by atoms with Crippen LogP contribution in [0.4, 0.5) is 13.2 Å². The molecule has 0 aromatic heterocycles. The number of aliphatic hydroxyl groups is 1. The Hall–Kier alpha value is -1.23. The zero-order valence-electron chi connectivity index (χ0n) is 10.4. The molecule has 0 radical (unpaired) electrons. The summed E-state index contributed by atoms with van der Waals surface area (Å²) in [5.74, 6) is 0.442. The zero-order valence-corrected chi connectivity index (χ0v) is 10.4. The van der Waals surface area contributed by atoms with Crippen LogP contribution in [0.15, 0.2) is 18.2 Å². The van der Waals surface area contributed by atoms with E-state index in [1.165, 1.54) is 0 Å². The molecule has 0 aliphatic carbocycles. The molecule has 1 aromatic rings. The lowest BCUT2D eigenvalue weighted by Crippen LogP contribution is -2.11. The van der Waals surface area contributed by atoms with Gasteiger partial charge in [0, 0.05) is 12.0 Å². The first-order valence-corrected chi connectivity index (χ1v) is 5.81. The van der Waals surface area contributed by atoms with Crippen LogP contribution in [0.3, 0.4) is 0 Å². The Balaban J connectivity index is 2.82. The van der Waals surface area contributed by atoms with Gasteiger partial charge in [-0.05, 0) is 32.4 Å². The summed E-state index contributed by atoms with van der Waals surface area (Å²) in [7, 11) is 0. The van der Waals surface area contributed by atoms with Gasteiger partial charge in [0.1, 0.15) is 5.75 Å². The average Bonchev–Trinajstić information content (AvgIpc) is 2.27. The molecule has 0 bridgehead atoms. The van der Waals surface area contributed by atoms with Crippen molar-refractivity contribution in [2.75, 3.05) is 6.61 Å². The third kappa shape index (κ3) is 4.56. The number of hydrogen-bond acceptors (Lipinski definition) is 2. The third-order valence-electron chi connectivity index (χ3n) is 2.53. The molecule has 1 rings (SSSR count). The van der Waals surface area contributed by atoms with E-state index in [9.17, 15) is 18.3 Å². The van der Waals surface area contributed by atoms with E-state index in [-0.39, 0.29) is 6.42 Å². The van der Waals surface area contributed by atoms with Gasteiger partial charge in [-0.25, -0.2) is 0 Å². The second-order valence-electron chi connectivity index (χ2n) is 4.14. The quantitative estimate of drug-likeness (QED) is 0.875. The maximum absolute atomic E-state index is 12.1. The summed E-state index contributed by atoms with van der Waals surface area (Å²) in [5, 5.41) is 9.84. The molecular weight excluding hydrogens is 245 g/mol. The highest BCUT2D eigenvalue weighted by Gasteiger charge is 2.28. The van der Waals surface area contributed by atoms with Gasteiger partial charge >= 0.3 is 6.18 Å². The molecule has 1 N–H and O–H groups in total. The molecule has 18 heavy (non-hydrogen) atoms. The molecular formula is C13H17F3O2. The van der Waals surface area contributed by atoms with Crippen molar-refractivity contribution >= 4 is 0 Å². The van der Waals surface area contributed by atoms with Gasteiger partial charge in [-0.2, -0.15) is 13.2 Å². The maximum atomic E-state index is 12.1. The van der Waals surface area contributed by atoms with Crippen LogP contribution in [0.25, 0.3) is 0 Å². The maximum Gasteiger partial charge on any atom is 0.389 e. The van der Waals surface area contributed by atoms with Gasteiger partial charge in [-0.3, -0.25) is 0 Å². The molecule has 0 spiro atoms. The van der Waals surface area contributed by atoms with Gasteiger partial charge in [0.2, 0.25) is 0 Å². The fourth-order valence-corrected chi connectivity index (χ4v) is 1.67. The SMILES string of the molecule is CCOc1ccc(C)cc1C(O)CCC(F)(F)F. The Bertz CT molecular complexity index is 388. The first-order valence-electron chi connectivity index (χ1n) is 5.81. The molecule has 2 nitrogen and oxygen atoms in total. The number of alkyl halides is 3. The lowest BCUT2D eigenvalue weighted by molar-refractivity contribution is -0.140. The van der Waals surface area contributed by atoms with Crippen LogP contribution in [0, 0.1) is 6.92 Å². The number of ether oxygens (including phenoxy) is 1. The smallest absolute Gasteiger partial charge is 0.389 e. The van der Waals surface area contributed by atoms with Gasteiger partial charge in [-0.15, -0.1) is 0 Å². The predicted molar refractivity (Wildman–Crippen MR) is 62.6 cm³/mol. The highest BCUT2D eigenvalue weighted by atomic mass is 19.4. The minimum Gasteiger partial charge on any atom is -0.493 e. The summed E-state index contributed by atoms with van der Waals surface area (Å²) in [5.41, 5.74) is 1.29. The second-order valence-corrected chi connectivity index (χ2v) is 4.14. The van der Waals surface area contributed by atoms with Gasteiger partial charge in [-0.1, -0.05) is 11.6 Å². The molecule has 0 heterocycles. The van der Waals surface area contributed by atoms with Crippen molar-refractivity contribution in [3.63, 3.8) is 0 Å². The highest BCUT2D eigenvalue weighted by Crippen LogP contribution is 2.32. The van der Waals surface area contributed by atoms with Gasteiger partial charge in [0.15, 0.2) is 0 Å². The molecule has 1 atom stereocenters. The summed E-state index contributed by atoms with van der Waals surface area (Å²) in [6, 6.07) is 5.13. The summed E-state index contributed by atoms with van der Waals surface area (Å²) in [4.78, 5) is 0. The first kappa shape index (κ1) is 14.8. The first-order chi connectivity index (χ1) is 8.33. The molecule has 0 aliphatic heterocycles. The number of rotatable bonds is 5. The molecule has 1 unspecified atom stereocenters. The Morgan fingerprint density at radius 3 is 2.56 bits per heavy atom. The molecule has 0 fully saturated rings. The van der Waals surface area contributed by atoms with Crippen molar-refractivity contribution in [1.82, 2.24) is 0 Å². The van der Waals surface area contributed by atoms with Gasteiger partial charge in [0.05, 0.1) is 12.7 Å². The Kier molecular flexibility index (Phi) is 5.02. The molecule has 1 aromatic carbocycles. The van der Waals surface area contributed by atoms with E-state index in [4.69, 9.17) is 4.74 Å². The number of aliphatic hydroxyl groups excluding tert-OH is 1. The van der Waals surface area contributed by atoms with Crippen LogP contribution >= 0.6 is 0 Å². The third-order valence-corrected chi connectivity index (χ3v) is 2.53. The highest BCUT2D eigenvalue weighted by molar-refractivity contribution is 5.38. The normalized spacial score (nSPS) is 13.4. The van der Waals surface area contributed by atoms with Crippen LogP contribution in [0.1, 0.15) is 37.0 Å². The topological polar surface area (TPSA) is 29.5 Å². The number of aryl methyl sites for hydroxylation is 1. The second kappa shape index (κ2) is 6.09. The van der Waals surface area contributed by atoms with Crippen LogP contribution in [0.2, 0.25) is 0 Å².